The first-order valence-electron chi connectivity index (χ1n) is 9.09. The number of Topliss-reactive ketones (excluding diaryl/α,β-unsaturated/α-hetero) is 1. The lowest BCUT2D eigenvalue weighted by Gasteiger charge is -2.29. The van der Waals surface area contributed by atoms with E-state index < -0.39 is 17.9 Å². The van der Waals surface area contributed by atoms with E-state index >= 15 is 0 Å². The first-order chi connectivity index (χ1) is 14.1. The van der Waals surface area contributed by atoms with Crippen molar-refractivity contribution in [2.24, 2.45) is 0 Å². The Balaban J connectivity index is 1.94. The Morgan fingerprint density at radius 3 is 2.43 bits per heavy atom. The molecule has 0 saturated carbocycles. The predicted octanol–water partition coefficient (Wildman–Crippen LogP) is 4.11. The van der Waals surface area contributed by atoms with Gasteiger partial charge in [0.25, 0.3) is 5.89 Å². The average molecular weight is 424 g/mol. The third kappa shape index (κ3) is 3.79. The molecule has 7 nitrogen and oxygen atoms in total. The molecule has 0 aliphatic carbocycles. The Labute approximate surface area is 167 Å². The molecule has 3 heterocycles. The molecule has 2 aromatic heterocycles. The maximum atomic E-state index is 14.7. The lowest BCUT2D eigenvalue weighted by molar-refractivity contribution is -0.274. The van der Waals surface area contributed by atoms with Gasteiger partial charge < -0.3 is 14.2 Å². The maximum Gasteiger partial charge on any atom is 0.573 e. The second-order valence-corrected chi connectivity index (χ2v) is 6.96. The molecule has 0 radical (unpaired) electrons. The summed E-state index contributed by atoms with van der Waals surface area (Å²) >= 11 is 0. The van der Waals surface area contributed by atoms with Crippen LogP contribution in [0.25, 0.3) is 22.4 Å². The van der Waals surface area contributed by atoms with Gasteiger partial charge >= 0.3 is 6.36 Å². The first kappa shape index (κ1) is 20.0. The van der Waals surface area contributed by atoms with Crippen molar-refractivity contribution in [3.8, 4) is 17.2 Å². The molecule has 0 amide bonds. The molecule has 0 bridgehead atoms. The average Bonchev–Trinajstić information content (AvgIpc) is 3.07. The number of carbonyl (C=O) groups excluding carboxylic acids is 1. The summed E-state index contributed by atoms with van der Waals surface area (Å²) in [4.78, 5) is 22.0. The fourth-order valence-electron chi connectivity index (χ4n) is 3.48. The van der Waals surface area contributed by atoms with Crippen LogP contribution in [0.5, 0.6) is 5.75 Å². The van der Waals surface area contributed by atoms with Gasteiger partial charge in [-0.05, 0) is 25.5 Å². The number of hydrogen-bond donors (Lipinski definition) is 0. The molecule has 30 heavy (non-hydrogen) atoms. The number of aromatic nitrogens is 3. The van der Waals surface area contributed by atoms with Gasteiger partial charge in [0, 0.05) is 37.4 Å². The van der Waals surface area contributed by atoms with Crippen LogP contribution in [0.3, 0.4) is 0 Å². The second kappa shape index (κ2) is 7.22. The number of pyridine rings is 1. The van der Waals surface area contributed by atoms with Gasteiger partial charge in [-0.1, -0.05) is 5.16 Å². The van der Waals surface area contributed by atoms with Gasteiger partial charge in [-0.3, -0.25) is 4.79 Å². The third-order valence-corrected chi connectivity index (χ3v) is 4.85. The molecular formula is C19H16F4N4O3. The van der Waals surface area contributed by atoms with Gasteiger partial charge in [0.2, 0.25) is 0 Å². The van der Waals surface area contributed by atoms with Crippen LogP contribution in [0.15, 0.2) is 16.7 Å². The van der Waals surface area contributed by atoms with Crippen LogP contribution < -0.4 is 9.64 Å². The van der Waals surface area contributed by atoms with E-state index in [1.54, 1.807) is 13.8 Å². The Morgan fingerprint density at radius 2 is 1.83 bits per heavy atom. The summed E-state index contributed by atoms with van der Waals surface area (Å²) in [6.07, 6.45) is -4.35. The lowest BCUT2D eigenvalue weighted by Crippen LogP contribution is -2.34. The predicted molar refractivity (Wildman–Crippen MR) is 97.6 cm³/mol. The quantitative estimate of drug-likeness (QED) is 0.586. The number of benzene rings is 1. The number of nitrogens with zero attached hydrogens (tertiary/aromatic N) is 4. The molecule has 3 aromatic rings. The highest BCUT2D eigenvalue weighted by Gasteiger charge is 2.32. The fraction of sp³-hybridized carbons (Fsp3) is 0.368. The van der Waals surface area contributed by atoms with Crippen LogP contribution in [-0.4, -0.2) is 40.4 Å². The highest BCUT2D eigenvalue weighted by molar-refractivity contribution is 5.94. The summed E-state index contributed by atoms with van der Waals surface area (Å²) in [5, 5.41) is 3.88. The lowest BCUT2D eigenvalue weighted by atomic mass is 10.0. The molecule has 4 rings (SSSR count). The zero-order chi connectivity index (χ0) is 21.6. The number of piperidine rings is 1. The van der Waals surface area contributed by atoms with Gasteiger partial charge in [0.15, 0.2) is 11.6 Å². The highest BCUT2D eigenvalue weighted by Crippen LogP contribution is 2.39. The number of halogens is 4. The van der Waals surface area contributed by atoms with Crippen LogP contribution in [-0.2, 0) is 4.79 Å². The van der Waals surface area contributed by atoms with Crippen molar-refractivity contribution >= 4 is 22.5 Å². The molecule has 1 aliphatic heterocycles. The van der Waals surface area contributed by atoms with Crippen LogP contribution in [0.4, 0.5) is 23.4 Å². The van der Waals surface area contributed by atoms with E-state index in [9.17, 15) is 22.4 Å². The first-order valence-corrected chi connectivity index (χ1v) is 9.09. The van der Waals surface area contributed by atoms with Crippen LogP contribution >= 0.6 is 0 Å². The number of carbonyl (C=O) groups is 1. The van der Waals surface area contributed by atoms with Gasteiger partial charge in [-0.25, -0.2) is 9.37 Å². The van der Waals surface area contributed by atoms with Crippen molar-refractivity contribution in [2.45, 2.75) is 33.1 Å². The molecule has 1 fully saturated rings. The summed E-state index contributed by atoms with van der Waals surface area (Å²) in [5.41, 5.74) is 0.664. The molecule has 0 unspecified atom stereocenters. The van der Waals surface area contributed by atoms with E-state index in [0.717, 1.165) is 6.07 Å². The molecular weight excluding hydrogens is 408 g/mol. The maximum absolute atomic E-state index is 14.7. The number of alkyl halides is 3. The summed E-state index contributed by atoms with van der Waals surface area (Å²) in [6.45, 7) is 3.96. The van der Waals surface area contributed by atoms with Crippen LogP contribution in [0, 0.1) is 19.7 Å². The molecule has 0 N–H and O–H groups in total. The Bertz CT molecular complexity index is 1130. The largest absolute Gasteiger partial charge is 0.573 e. The Hall–Kier alpha value is -3.24. The smallest absolute Gasteiger partial charge is 0.406 e. The number of rotatable bonds is 3. The van der Waals surface area contributed by atoms with Crippen molar-refractivity contribution in [3.63, 3.8) is 0 Å². The highest BCUT2D eigenvalue weighted by atomic mass is 19.4. The van der Waals surface area contributed by atoms with E-state index in [1.165, 1.54) is 0 Å². The van der Waals surface area contributed by atoms with Crippen LogP contribution in [0.2, 0.25) is 0 Å². The van der Waals surface area contributed by atoms with Crippen molar-refractivity contribution < 1.29 is 31.6 Å². The van der Waals surface area contributed by atoms with E-state index in [2.05, 4.69) is 19.9 Å². The van der Waals surface area contributed by atoms with E-state index in [-0.39, 0.29) is 22.6 Å². The topological polar surface area (TPSA) is 81.4 Å². The summed E-state index contributed by atoms with van der Waals surface area (Å²) < 4.78 is 61.8. The van der Waals surface area contributed by atoms with Crippen molar-refractivity contribution in [3.05, 3.63) is 29.3 Å². The summed E-state index contributed by atoms with van der Waals surface area (Å²) in [6, 6.07) is 1.72. The number of ketones is 1. The third-order valence-electron chi connectivity index (χ3n) is 4.85. The van der Waals surface area contributed by atoms with Gasteiger partial charge in [-0.15, -0.1) is 13.2 Å². The Morgan fingerprint density at radius 1 is 1.13 bits per heavy atom. The molecule has 1 aromatic carbocycles. The zero-order valence-corrected chi connectivity index (χ0v) is 16.0. The van der Waals surface area contributed by atoms with E-state index in [1.807, 2.05) is 4.90 Å². The number of ether oxygens (including phenoxy) is 1. The van der Waals surface area contributed by atoms with Crippen molar-refractivity contribution in [1.82, 2.24) is 15.1 Å². The number of hydrogen-bond acceptors (Lipinski definition) is 7. The fourth-order valence-corrected chi connectivity index (χ4v) is 3.48. The van der Waals surface area contributed by atoms with E-state index in [0.29, 0.717) is 54.8 Å². The minimum absolute atomic E-state index is 0.105. The molecule has 1 aliphatic rings. The summed E-state index contributed by atoms with van der Waals surface area (Å²) in [5.74, 6) is -0.754. The van der Waals surface area contributed by atoms with Gasteiger partial charge in [0.05, 0.1) is 5.56 Å². The van der Waals surface area contributed by atoms with Gasteiger partial charge in [-0.2, -0.15) is 4.98 Å². The minimum atomic E-state index is -4.96. The Kier molecular flexibility index (Phi) is 4.83. The van der Waals surface area contributed by atoms with Crippen LogP contribution in [0.1, 0.15) is 24.2 Å². The molecule has 0 spiro atoms. The number of aryl methyl sites for hydroxylation is 2. The monoisotopic (exact) mass is 424 g/mol. The molecule has 0 atom stereocenters. The van der Waals surface area contributed by atoms with Crippen molar-refractivity contribution in [2.75, 3.05) is 18.0 Å². The summed E-state index contributed by atoms with van der Waals surface area (Å²) in [7, 11) is 0. The van der Waals surface area contributed by atoms with Gasteiger partial charge in [0.1, 0.15) is 22.9 Å². The molecule has 158 valence electrons. The SMILES string of the molecule is Cc1noc(-c2c(N3CCC(=O)CC3)nc3c(F)cc(OC(F)(F)F)cc3c2C)n1. The molecule has 1 saturated heterocycles. The zero-order valence-electron chi connectivity index (χ0n) is 16.0. The number of anilines is 1. The standard InChI is InChI=1S/C19H16F4N4O3/c1-9-13-7-12(29-19(21,22)23)8-14(20)16(13)25-17(27-5-3-11(28)4-6-27)15(9)18-24-10(2)26-30-18/h7-8H,3-6H2,1-2H3. The normalized spacial score (nSPS) is 15.1. The second-order valence-electron chi connectivity index (χ2n) is 6.96. The van der Waals surface area contributed by atoms with E-state index in [4.69, 9.17) is 4.52 Å². The minimum Gasteiger partial charge on any atom is -0.406 e. The van der Waals surface area contributed by atoms with Crippen molar-refractivity contribution in [1.29, 1.82) is 0 Å². The molecule has 11 heteroatoms. The number of fused-ring (bicyclic) bond motifs is 1.